The quantitative estimate of drug-likeness (QED) is 0.672. The van der Waals surface area contributed by atoms with E-state index < -0.39 is 15.8 Å². The smallest absolute Gasteiger partial charge is 0.323 e. The highest BCUT2D eigenvalue weighted by Crippen LogP contribution is 2.22. The van der Waals surface area contributed by atoms with Gasteiger partial charge < -0.3 is 4.74 Å². The lowest BCUT2D eigenvalue weighted by atomic mass is 10.1. The molecule has 0 amide bonds. The summed E-state index contributed by atoms with van der Waals surface area (Å²) in [5.41, 5.74) is 0. The molecule has 1 saturated heterocycles. The molecule has 0 aromatic rings. The summed E-state index contributed by atoms with van der Waals surface area (Å²) in [4.78, 5) is 0. The van der Waals surface area contributed by atoms with E-state index in [1.54, 1.807) is 0 Å². The second kappa shape index (κ2) is 4.04. The molecule has 1 aliphatic heterocycles. The van der Waals surface area contributed by atoms with E-state index in [0.29, 0.717) is 0 Å². The molecule has 0 N–H and O–H groups in total. The van der Waals surface area contributed by atoms with E-state index in [2.05, 4.69) is 4.74 Å². The first kappa shape index (κ1) is 11.1. The molecule has 0 aliphatic carbocycles. The molecular weight excluding hydrogens is 228 g/mol. The number of alkyl halides is 2. The lowest BCUT2D eigenvalue weighted by molar-refractivity contribution is -0.145. The van der Waals surface area contributed by atoms with Crippen molar-refractivity contribution in [3.05, 3.63) is 0 Å². The number of hydrogen-bond acceptors (Lipinski definition) is 3. The van der Waals surface area contributed by atoms with Crippen molar-refractivity contribution in [1.82, 2.24) is 4.31 Å². The third kappa shape index (κ3) is 3.34. The van der Waals surface area contributed by atoms with E-state index >= 15 is 0 Å². The van der Waals surface area contributed by atoms with Crippen LogP contribution >= 0.6 is 10.7 Å². The molecule has 0 saturated carbocycles. The first-order chi connectivity index (χ1) is 5.89. The van der Waals surface area contributed by atoms with Gasteiger partial charge in [0, 0.05) is 29.7 Å². The van der Waals surface area contributed by atoms with E-state index in [1.165, 1.54) is 0 Å². The summed E-state index contributed by atoms with van der Waals surface area (Å²) < 4.78 is 49.2. The molecule has 0 atom stereocenters. The lowest BCUT2D eigenvalue weighted by Crippen LogP contribution is -2.50. The number of nitrogens with zero attached hydrogens (tertiary/aromatic N) is 1. The Labute approximate surface area is 79.0 Å². The maximum Gasteiger partial charge on any atom is 0.345 e. The predicted octanol–water partition coefficient (Wildman–Crippen LogP) is 0.641. The Morgan fingerprint density at radius 1 is 1.54 bits per heavy atom. The van der Waals surface area contributed by atoms with Crippen LogP contribution in [0.25, 0.3) is 0 Å². The molecule has 0 aromatic carbocycles. The van der Waals surface area contributed by atoms with Crippen molar-refractivity contribution >= 4 is 19.9 Å². The van der Waals surface area contributed by atoms with Crippen molar-refractivity contribution in [3.63, 3.8) is 0 Å². The number of halogens is 3. The average Bonchev–Trinajstić information content (AvgIpc) is 1.79. The zero-order valence-electron chi connectivity index (χ0n) is 6.49. The summed E-state index contributed by atoms with van der Waals surface area (Å²) in [6.45, 7) is -2.64. The van der Waals surface area contributed by atoms with E-state index in [-0.39, 0.29) is 25.6 Å². The Kier molecular flexibility index (Phi) is 3.44. The minimum atomic E-state index is -3.68. The van der Waals surface area contributed by atoms with Crippen molar-refractivity contribution < 1.29 is 21.9 Å². The zero-order valence-corrected chi connectivity index (χ0v) is 8.06. The fraction of sp³-hybridized carbons (Fsp3) is 1.00. The summed E-state index contributed by atoms with van der Waals surface area (Å²) in [5, 5.41) is 0. The first-order valence-electron chi connectivity index (χ1n) is 3.49. The van der Waals surface area contributed by atoms with Gasteiger partial charge in [-0.15, -0.1) is 0 Å². The Bertz CT molecular complexity index is 265. The SMILES string of the molecule is O=S(=O)(Cl)N1CC(COC(F)F)C1. The third-order valence-corrected chi connectivity index (χ3v) is 3.19. The van der Waals surface area contributed by atoms with Crippen molar-refractivity contribution in [1.29, 1.82) is 0 Å². The van der Waals surface area contributed by atoms with Crippen LogP contribution in [0.2, 0.25) is 0 Å². The van der Waals surface area contributed by atoms with Crippen LogP contribution in [0.1, 0.15) is 0 Å². The molecule has 8 heteroatoms. The zero-order chi connectivity index (χ0) is 10.1. The first-order valence-corrected chi connectivity index (χ1v) is 5.75. The fourth-order valence-electron chi connectivity index (χ4n) is 1.01. The standard InChI is InChI=1S/C5H8ClF2NO3S/c6-13(10,11)9-1-4(2-9)3-12-5(7)8/h4-5H,1-3H2. The molecular formula is C5H8ClF2NO3S. The fourth-order valence-corrected chi connectivity index (χ4v) is 2.13. The molecule has 0 radical (unpaired) electrons. The van der Waals surface area contributed by atoms with Crippen molar-refractivity contribution in [2.24, 2.45) is 5.92 Å². The van der Waals surface area contributed by atoms with Crippen LogP contribution < -0.4 is 0 Å². The molecule has 13 heavy (non-hydrogen) atoms. The average molecular weight is 236 g/mol. The predicted molar refractivity (Wildman–Crippen MR) is 41.8 cm³/mol. The molecule has 1 rings (SSSR count). The summed E-state index contributed by atoms with van der Waals surface area (Å²) in [6, 6.07) is 0. The van der Waals surface area contributed by atoms with Gasteiger partial charge in [0.2, 0.25) is 0 Å². The van der Waals surface area contributed by atoms with Crippen molar-refractivity contribution in [3.8, 4) is 0 Å². The summed E-state index contributed by atoms with van der Waals surface area (Å²) in [6.07, 6.45) is 0. The second-order valence-electron chi connectivity index (χ2n) is 2.72. The van der Waals surface area contributed by atoms with Gasteiger partial charge in [-0.05, 0) is 0 Å². The van der Waals surface area contributed by atoms with Crippen LogP contribution in [0.15, 0.2) is 0 Å². The van der Waals surface area contributed by atoms with E-state index in [1.807, 2.05) is 0 Å². The molecule has 78 valence electrons. The van der Waals surface area contributed by atoms with Gasteiger partial charge in [0.05, 0.1) is 6.61 Å². The molecule has 4 nitrogen and oxygen atoms in total. The molecule has 0 aromatic heterocycles. The number of rotatable bonds is 4. The van der Waals surface area contributed by atoms with Gasteiger partial charge >= 0.3 is 6.61 Å². The van der Waals surface area contributed by atoms with Crippen LogP contribution in [0.4, 0.5) is 8.78 Å². The topological polar surface area (TPSA) is 46.6 Å². The monoisotopic (exact) mass is 235 g/mol. The van der Waals surface area contributed by atoms with Crippen molar-refractivity contribution in [2.75, 3.05) is 19.7 Å². The molecule has 1 aliphatic rings. The minimum absolute atomic E-state index is 0.138. The van der Waals surface area contributed by atoms with E-state index in [0.717, 1.165) is 4.31 Å². The Balaban J connectivity index is 2.19. The normalized spacial score (nSPS) is 20.6. The van der Waals surface area contributed by atoms with E-state index in [9.17, 15) is 17.2 Å². The largest absolute Gasteiger partial charge is 0.345 e. The number of ether oxygens (including phenoxy) is 1. The van der Waals surface area contributed by atoms with Gasteiger partial charge in [-0.2, -0.15) is 21.5 Å². The maximum atomic E-state index is 11.5. The van der Waals surface area contributed by atoms with Gasteiger partial charge in [0.25, 0.3) is 9.24 Å². The van der Waals surface area contributed by atoms with Gasteiger partial charge in [0.15, 0.2) is 0 Å². The molecule has 1 fully saturated rings. The summed E-state index contributed by atoms with van der Waals surface area (Å²) >= 11 is 0. The second-order valence-corrected chi connectivity index (χ2v) is 5.23. The molecule has 0 unspecified atom stereocenters. The van der Waals surface area contributed by atoms with Crippen molar-refractivity contribution in [2.45, 2.75) is 6.61 Å². The van der Waals surface area contributed by atoms with Crippen LogP contribution in [0, 0.1) is 5.92 Å². The summed E-state index contributed by atoms with van der Waals surface area (Å²) in [7, 11) is 1.30. The molecule has 0 spiro atoms. The van der Waals surface area contributed by atoms with Gasteiger partial charge in [-0.25, -0.2) is 0 Å². The van der Waals surface area contributed by atoms with Gasteiger partial charge in [-0.1, -0.05) is 0 Å². The highest BCUT2D eigenvalue weighted by molar-refractivity contribution is 8.11. The minimum Gasteiger partial charge on any atom is -0.323 e. The highest BCUT2D eigenvalue weighted by atomic mass is 35.7. The number of hydrogen-bond donors (Lipinski definition) is 0. The van der Waals surface area contributed by atoms with Crippen LogP contribution in [0.3, 0.4) is 0 Å². The van der Waals surface area contributed by atoms with Crippen LogP contribution in [-0.4, -0.2) is 39.0 Å². The highest BCUT2D eigenvalue weighted by Gasteiger charge is 2.34. The Morgan fingerprint density at radius 2 is 2.08 bits per heavy atom. The third-order valence-electron chi connectivity index (χ3n) is 1.69. The lowest BCUT2D eigenvalue weighted by Gasteiger charge is -2.35. The summed E-state index contributed by atoms with van der Waals surface area (Å²) in [5.74, 6) is -0.178. The van der Waals surface area contributed by atoms with Crippen LogP contribution in [-0.2, 0) is 14.0 Å². The maximum absolute atomic E-state index is 11.5. The molecule has 0 bridgehead atoms. The van der Waals surface area contributed by atoms with E-state index in [4.69, 9.17) is 10.7 Å². The molecule has 1 heterocycles. The van der Waals surface area contributed by atoms with Gasteiger partial charge in [-0.3, -0.25) is 0 Å². The Hall–Kier alpha value is 0.0200. The van der Waals surface area contributed by atoms with Gasteiger partial charge in [0.1, 0.15) is 0 Å². The van der Waals surface area contributed by atoms with Crippen LogP contribution in [0.5, 0.6) is 0 Å². The Morgan fingerprint density at radius 3 is 2.46 bits per heavy atom.